The summed E-state index contributed by atoms with van der Waals surface area (Å²) in [6, 6.07) is 13.1. The molecule has 0 aliphatic rings. The minimum Gasteiger partial charge on any atom is -0.497 e. The van der Waals surface area contributed by atoms with Gasteiger partial charge in [0.05, 0.1) is 13.7 Å². The Bertz CT molecular complexity index is 853. The quantitative estimate of drug-likeness (QED) is 0.692. The fourth-order valence-electron chi connectivity index (χ4n) is 2.77. The summed E-state index contributed by atoms with van der Waals surface area (Å²) < 4.78 is 10.7. The fourth-order valence-corrected chi connectivity index (χ4v) is 2.77. The van der Waals surface area contributed by atoms with Crippen LogP contribution >= 0.6 is 0 Å². The van der Waals surface area contributed by atoms with Gasteiger partial charge in [-0.2, -0.15) is 0 Å². The summed E-state index contributed by atoms with van der Waals surface area (Å²) in [6.07, 6.45) is 2.73. The van der Waals surface area contributed by atoms with Crippen LogP contribution in [0.1, 0.15) is 22.8 Å². The van der Waals surface area contributed by atoms with Gasteiger partial charge in [0, 0.05) is 29.2 Å². The molecule has 2 N–H and O–H groups in total. The monoisotopic (exact) mass is 338 g/mol. The van der Waals surface area contributed by atoms with E-state index in [-0.39, 0.29) is 5.91 Å². The van der Waals surface area contributed by atoms with E-state index in [2.05, 4.69) is 10.3 Å². The number of aromatic amines is 1. The first-order valence-corrected chi connectivity index (χ1v) is 8.36. The second-order valence-electron chi connectivity index (χ2n) is 5.69. The molecule has 0 atom stereocenters. The van der Waals surface area contributed by atoms with Gasteiger partial charge in [0.15, 0.2) is 0 Å². The lowest BCUT2D eigenvalue weighted by atomic mass is 10.1. The summed E-state index contributed by atoms with van der Waals surface area (Å²) in [5, 5.41) is 4.08. The van der Waals surface area contributed by atoms with E-state index in [0.717, 1.165) is 34.4 Å². The molecule has 0 aliphatic heterocycles. The number of hydrogen-bond donors (Lipinski definition) is 2. The topological polar surface area (TPSA) is 63.3 Å². The summed E-state index contributed by atoms with van der Waals surface area (Å²) in [5.41, 5.74) is 2.85. The van der Waals surface area contributed by atoms with Crippen LogP contribution in [0.5, 0.6) is 11.5 Å². The van der Waals surface area contributed by atoms with Crippen molar-refractivity contribution in [3.05, 3.63) is 59.8 Å². The molecule has 1 aromatic heterocycles. The predicted octanol–water partition coefficient (Wildman–Crippen LogP) is 3.55. The lowest BCUT2D eigenvalue weighted by molar-refractivity contribution is 0.0954. The lowest BCUT2D eigenvalue weighted by Gasteiger charge is -2.07. The van der Waals surface area contributed by atoms with E-state index < -0.39 is 0 Å². The number of benzene rings is 2. The van der Waals surface area contributed by atoms with Gasteiger partial charge in [-0.05, 0) is 61.4 Å². The molecule has 25 heavy (non-hydrogen) atoms. The Morgan fingerprint density at radius 3 is 2.60 bits per heavy atom. The van der Waals surface area contributed by atoms with Crippen LogP contribution in [0, 0.1) is 0 Å². The maximum Gasteiger partial charge on any atom is 0.251 e. The molecule has 3 rings (SSSR count). The summed E-state index contributed by atoms with van der Waals surface area (Å²) in [7, 11) is 1.66. The van der Waals surface area contributed by atoms with E-state index in [4.69, 9.17) is 9.47 Å². The first-order valence-electron chi connectivity index (χ1n) is 8.36. The number of hydrogen-bond acceptors (Lipinski definition) is 3. The zero-order valence-electron chi connectivity index (χ0n) is 14.5. The third kappa shape index (κ3) is 3.94. The molecule has 0 fully saturated rings. The average Bonchev–Trinajstić information content (AvgIpc) is 3.04. The highest BCUT2D eigenvalue weighted by atomic mass is 16.5. The lowest BCUT2D eigenvalue weighted by Crippen LogP contribution is -2.25. The summed E-state index contributed by atoms with van der Waals surface area (Å²) in [6.45, 7) is 3.11. The van der Waals surface area contributed by atoms with Crippen molar-refractivity contribution in [2.45, 2.75) is 13.3 Å². The van der Waals surface area contributed by atoms with Gasteiger partial charge in [-0.3, -0.25) is 4.79 Å². The number of nitrogens with one attached hydrogen (secondary N) is 2. The number of amides is 1. The molecule has 2 aromatic carbocycles. The van der Waals surface area contributed by atoms with Crippen molar-refractivity contribution < 1.29 is 14.3 Å². The number of rotatable bonds is 7. The first-order chi connectivity index (χ1) is 12.2. The number of carbonyl (C=O) groups excluding carboxylic acids is 1. The van der Waals surface area contributed by atoms with Gasteiger partial charge in [0.2, 0.25) is 0 Å². The van der Waals surface area contributed by atoms with Crippen molar-refractivity contribution >= 4 is 16.8 Å². The van der Waals surface area contributed by atoms with E-state index in [1.165, 1.54) is 0 Å². The number of aromatic nitrogens is 1. The molecule has 3 aromatic rings. The van der Waals surface area contributed by atoms with Crippen LogP contribution < -0.4 is 14.8 Å². The maximum atomic E-state index is 12.2. The van der Waals surface area contributed by atoms with Gasteiger partial charge in [-0.15, -0.1) is 0 Å². The minimum absolute atomic E-state index is 0.0829. The van der Waals surface area contributed by atoms with Crippen LogP contribution in [-0.2, 0) is 6.42 Å². The smallest absolute Gasteiger partial charge is 0.251 e. The summed E-state index contributed by atoms with van der Waals surface area (Å²) in [4.78, 5) is 15.5. The van der Waals surface area contributed by atoms with E-state index in [9.17, 15) is 4.79 Å². The van der Waals surface area contributed by atoms with Crippen molar-refractivity contribution in [3.8, 4) is 11.5 Å². The molecule has 5 nitrogen and oxygen atoms in total. The van der Waals surface area contributed by atoms with Crippen LogP contribution in [0.2, 0.25) is 0 Å². The number of methoxy groups -OCH3 is 1. The van der Waals surface area contributed by atoms with E-state index in [1.54, 1.807) is 19.2 Å². The van der Waals surface area contributed by atoms with Gasteiger partial charge in [-0.25, -0.2) is 0 Å². The number of carbonyl (C=O) groups is 1. The zero-order chi connectivity index (χ0) is 17.6. The Morgan fingerprint density at radius 1 is 1.12 bits per heavy atom. The first kappa shape index (κ1) is 16.9. The third-order valence-electron chi connectivity index (χ3n) is 4.08. The third-order valence-corrected chi connectivity index (χ3v) is 4.08. The van der Waals surface area contributed by atoms with Crippen LogP contribution in [0.15, 0.2) is 48.7 Å². The van der Waals surface area contributed by atoms with Crippen LogP contribution in [0.4, 0.5) is 0 Å². The van der Waals surface area contributed by atoms with Crippen molar-refractivity contribution in [2.24, 2.45) is 0 Å². The Balaban J connectivity index is 1.59. The van der Waals surface area contributed by atoms with Gasteiger partial charge >= 0.3 is 0 Å². The van der Waals surface area contributed by atoms with E-state index in [1.807, 2.05) is 43.5 Å². The molecular formula is C20H22N2O3. The van der Waals surface area contributed by atoms with Gasteiger partial charge in [0.1, 0.15) is 11.5 Å². The molecule has 0 saturated carbocycles. The number of ether oxygens (including phenoxy) is 2. The number of H-pyrrole nitrogens is 1. The molecule has 1 amide bonds. The maximum absolute atomic E-state index is 12.2. The Labute approximate surface area is 147 Å². The molecule has 5 heteroatoms. The Morgan fingerprint density at radius 2 is 1.88 bits per heavy atom. The molecule has 1 heterocycles. The molecule has 0 bridgehead atoms. The van der Waals surface area contributed by atoms with Gasteiger partial charge in [0.25, 0.3) is 5.91 Å². The van der Waals surface area contributed by atoms with Crippen LogP contribution in [0.3, 0.4) is 0 Å². The SMILES string of the molecule is CCOc1ccc(C(=O)NCCc2c[nH]c3ccc(OC)cc23)cc1. The Kier molecular flexibility index (Phi) is 5.23. The second-order valence-corrected chi connectivity index (χ2v) is 5.69. The average molecular weight is 338 g/mol. The van der Waals surface area contributed by atoms with Crippen molar-refractivity contribution in [1.82, 2.24) is 10.3 Å². The van der Waals surface area contributed by atoms with Crippen LogP contribution in [0.25, 0.3) is 10.9 Å². The normalized spacial score (nSPS) is 10.6. The standard InChI is InChI=1S/C20H22N2O3/c1-3-25-16-6-4-14(5-7-16)20(23)21-11-10-15-13-22-19-9-8-17(24-2)12-18(15)19/h4-9,12-13,22H,3,10-11H2,1-2H3,(H,21,23). The fraction of sp³-hybridized carbons (Fsp3) is 0.250. The Hall–Kier alpha value is -2.95. The van der Waals surface area contributed by atoms with Crippen LogP contribution in [-0.4, -0.2) is 31.2 Å². The van der Waals surface area contributed by atoms with Crippen molar-refractivity contribution in [2.75, 3.05) is 20.3 Å². The summed E-state index contributed by atoms with van der Waals surface area (Å²) in [5.74, 6) is 1.51. The molecule has 0 radical (unpaired) electrons. The number of fused-ring (bicyclic) bond motifs is 1. The van der Waals surface area contributed by atoms with Crippen molar-refractivity contribution in [1.29, 1.82) is 0 Å². The van der Waals surface area contributed by atoms with E-state index >= 15 is 0 Å². The molecule has 0 spiro atoms. The zero-order valence-corrected chi connectivity index (χ0v) is 14.5. The molecule has 0 unspecified atom stereocenters. The predicted molar refractivity (Wildman–Crippen MR) is 98.5 cm³/mol. The highest BCUT2D eigenvalue weighted by Crippen LogP contribution is 2.23. The highest BCUT2D eigenvalue weighted by Gasteiger charge is 2.08. The highest BCUT2D eigenvalue weighted by molar-refractivity contribution is 5.94. The molecule has 0 saturated heterocycles. The second kappa shape index (κ2) is 7.75. The van der Waals surface area contributed by atoms with Crippen molar-refractivity contribution in [3.63, 3.8) is 0 Å². The van der Waals surface area contributed by atoms with Gasteiger partial charge < -0.3 is 19.8 Å². The minimum atomic E-state index is -0.0829. The molecular weight excluding hydrogens is 316 g/mol. The summed E-state index contributed by atoms with van der Waals surface area (Å²) >= 11 is 0. The largest absolute Gasteiger partial charge is 0.497 e. The van der Waals surface area contributed by atoms with Gasteiger partial charge in [-0.1, -0.05) is 0 Å². The van der Waals surface area contributed by atoms with E-state index in [0.29, 0.717) is 18.7 Å². The molecule has 0 aliphatic carbocycles. The molecule has 130 valence electrons.